The average molecular weight is 548 g/mol. The summed E-state index contributed by atoms with van der Waals surface area (Å²) in [6.45, 7) is 1.63. The summed E-state index contributed by atoms with van der Waals surface area (Å²) in [5.74, 6) is -2.25. The van der Waals surface area contributed by atoms with Gasteiger partial charge >= 0.3 is 11.8 Å². The number of amides is 4. The number of hydrogen-bond acceptors (Lipinski definition) is 8. The third kappa shape index (κ3) is 6.62. The molecule has 4 amide bonds. The Morgan fingerprint density at radius 3 is 2.59 bits per heavy atom. The van der Waals surface area contributed by atoms with Crippen LogP contribution < -0.4 is 16.0 Å². The molecule has 198 valence electrons. The lowest BCUT2D eigenvalue weighted by Gasteiger charge is -2.37. The number of carbonyl (C=O) groups excluding carboxylic acids is 4. The van der Waals surface area contributed by atoms with E-state index in [1.165, 1.54) is 28.5 Å². The molecule has 0 aromatic carbocycles. The SMILES string of the molecule is CN1CCc2nc(C(=O)N[C@H]3C[C@H](C(=O)N(C)C)CC[C@H]3NC(=O)C(=O)Nc3ccc(Cl)cn3)sc2C1. The third-order valence-corrected chi connectivity index (χ3v) is 7.87. The van der Waals surface area contributed by atoms with Gasteiger partial charge in [-0.2, -0.15) is 0 Å². The second-order valence-electron chi connectivity index (χ2n) is 9.60. The second kappa shape index (κ2) is 11.5. The van der Waals surface area contributed by atoms with Gasteiger partial charge < -0.3 is 25.8 Å². The Kier molecular flexibility index (Phi) is 8.40. The van der Waals surface area contributed by atoms with Crippen molar-refractivity contribution in [3.63, 3.8) is 0 Å². The summed E-state index contributed by atoms with van der Waals surface area (Å²) < 4.78 is 0. The van der Waals surface area contributed by atoms with Gasteiger partial charge in [0, 0.05) is 56.6 Å². The highest BCUT2D eigenvalue weighted by molar-refractivity contribution is 7.13. The molecule has 3 heterocycles. The Bertz CT molecular complexity index is 1190. The number of anilines is 1. The normalized spacial score (nSPS) is 21.5. The van der Waals surface area contributed by atoms with Crippen molar-refractivity contribution in [2.75, 3.05) is 33.0 Å². The molecule has 1 saturated carbocycles. The van der Waals surface area contributed by atoms with Crippen LogP contribution in [-0.4, -0.2) is 83.2 Å². The van der Waals surface area contributed by atoms with Gasteiger partial charge in [-0.05, 0) is 38.4 Å². The molecule has 2 aromatic rings. The van der Waals surface area contributed by atoms with Crippen molar-refractivity contribution < 1.29 is 19.2 Å². The van der Waals surface area contributed by atoms with Crippen LogP contribution in [-0.2, 0) is 27.3 Å². The fourth-order valence-electron chi connectivity index (χ4n) is 4.60. The molecule has 0 saturated heterocycles. The molecular formula is C24H30ClN7O4S. The zero-order valence-electron chi connectivity index (χ0n) is 20.9. The first-order chi connectivity index (χ1) is 17.6. The van der Waals surface area contributed by atoms with Crippen LogP contribution in [0, 0.1) is 5.92 Å². The standard InChI is InChI=1S/C24H30ClN7O4S/c1-31(2)24(36)13-4-6-15(27-20(33)21(34)30-19-7-5-14(25)11-26-19)17(10-13)28-22(35)23-29-16-8-9-32(3)12-18(16)37-23/h5,7,11,13,15,17H,4,6,8-10,12H2,1-3H3,(H,27,33)(H,28,35)(H,26,30,34)/t13-,15-,17+/m1/s1. The molecule has 3 N–H and O–H groups in total. The number of halogens is 1. The van der Waals surface area contributed by atoms with Gasteiger partial charge in [0.25, 0.3) is 5.91 Å². The quantitative estimate of drug-likeness (QED) is 0.480. The molecule has 3 atom stereocenters. The minimum absolute atomic E-state index is 0.0386. The van der Waals surface area contributed by atoms with Crippen LogP contribution in [0.2, 0.25) is 5.02 Å². The van der Waals surface area contributed by atoms with Gasteiger partial charge in [-0.1, -0.05) is 11.6 Å². The topological polar surface area (TPSA) is 137 Å². The number of fused-ring (bicyclic) bond motifs is 1. The first-order valence-corrected chi connectivity index (χ1v) is 13.2. The maximum Gasteiger partial charge on any atom is 0.314 e. The minimum atomic E-state index is -0.886. The van der Waals surface area contributed by atoms with Crippen LogP contribution in [0.5, 0.6) is 0 Å². The van der Waals surface area contributed by atoms with Gasteiger partial charge in [-0.15, -0.1) is 11.3 Å². The number of pyridine rings is 1. The number of rotatable bonds is 5. The smallest absolute Gasteiger partial charge is 0.314 e. The molecule has 4 rings (SSSR count). The van der Waals surface area contributed by atoms with Gasteiger partial charge in [0.2, 0.25) is 5.91 Å². The summed E-state index contributed by atoms with van der Waals surface area (Å²) in [6.07, 6.45) is 3.42. The molecule has 0 bridgehead atoms. The van der Waals surface area contributed by atoms with Crippen molar-refractivity contribution in [1.29, 1.82) is 0 Å². The fourth-order valence-corrected chi connectivity index (χ4v) is 5.80. The fraction of sp³-hybridized carbons (Fsp3) is 0.500. The summed E-state index contributed by atoms with van der Waals surface area (Å²) in [4.78, 5) is 64.3. The number of hydrogen-bond donors (Lipinski definition) is 3. The molecule has 2 aliphatic rings. The van der Waals surface area contributed by atoms with Crippen LogP contribution in [0.1, 0.15) is 39.6 Å². The predicted molar refractivity (Wildman–Crippen MR) is 139 cm³/mol. The monoisotopic (exact) mass is 547 g/mol. The highest BCUT2D eigenvalue weighted by Crippen LogP contribution is 2.28. The lowest BCUT2D eigenvalue weighted by Crippen LogP contribution is -2.57. The van der Waals surface area contributed by atoms with E-state index < -0.39 is 23.9 Å². The molecule has 37 heavy (non-hydrogen) atoms. The molecule has 0 spiro atoms. The van der Waals surface area contributed by atoms with Crippen molar-refractivity contribution in [3.8, 4) is 0 Å². The number of carbonyl (C=O) groups is 4. The van der Waals surface area contributed by atoms with Crippen molar-refractivity contribution in [2.24, 2.45) is 5.92 Å². The van der Waals surface area contributed by atoms with Crippen LogP contribution in [0.4, 0.5) is 5.82 Å². The Labute approximate surface area is 224 Å². The van der Waals surface area contributed by atoms with E-state index in [0.29, 0.717) is 29.3 Å². The van der Waals surface area contributed by atoms with Gasteiger partial charge in [0.1, 0.15) is 5.82 Å². The highest BCUT2D eigenvalue weighted by atomic mass is 35.5. The van der Waals surface area contributed by atoms with Gasteiger partial charge in [0.15, 0.2) is 5.01 Å². The van der Waals surface area contributed by atoms with Crippen LogP contribution in [0.15, 0.2) is 18.3 Å². The lowest BCUT2D eigenvalue weighted by atomic mass is 9.81. The highest BCUT2D eigenvalue weighted by Gasteiger charge is 2.37. The van der Waals surface area contributed by atoms with Crippen LogP contribution in [0.3, 0.4) is 0 Å². The van der Waals surface area contributed by atoms with Gasteiger partial charge in [-0.25, -0.2) is 9.97 Å². The summed E-state index contributed by atoms with van der Waals surface area (Å²) in [5, 5.41) is 8.91. The van der Waals surface area contributed by atoms with E-state index in [9.17, 15) is 19.2 Å². The maximum atomic E-state index is 13.2. The number of nitrogens with zero attached hydrogens (tertiary/aromatic N) is 4. The summed E-state index contributed by atoms with van der Waals surface area (Å²) >= 11 is 7.17. The van der Waals surface area contributed by atoms with E-state index in [-0.39, 0.29) is 23.6 Å². The Hall–Kier alpha value is -3.09. The summed E-state index contributed by atoms with van der Waals surface area (Å²) in [6, 6.07) is 1.95. The number of thiazole rings is 1. The Morgan fingerprint density at radius 2 is 1.89 bits per heavy atom. The molecule has 1 aliphatic heterocycles. The molecule has 1 fully saturated rings. The first-order valence-electron chi connectivity index (χ1n) is 12.0. The summed E-state index contributed by atoms with van der Waals surface area (Å²) in [7, 11) is 5.41. The van der Waals surface area contributed by atoms with E-state index >= 15 is 0 Å². The number of likely N-dealkylation sites (N-methyl/N-ethyl adjacent to an activating group) is 1. The number of nitrogens with one attached hydrogen (secondary N) is 3. The van der Waals surface area contributed by atoms with E-state index in [0.717, 1.165) is 30.1 Å². The van der Waals surface area contributed by atoms with Crippen molar-refractivity contribution in [1.82, 2.24) is 30.4 Å². The molecule has 2 aromatic heterocycles. The lowest BCUT2D eigenvalue weighted by molar-refractivity contribution is -0.137. The van der Waals surface area contributed by atoms with E-state index in [1.54, 1.807) is 20.2 Å². The molecule has 13 heteroatoms. The third-order valence-electron chi connectivity index (χ3n) is 6.56. The van der Waals surface area contributed by atoms with E-state index in [2.05, 4.69) is 30.8 Å². The largest absolute Gasteiger partial charge is 0.349 e. The summed E-state index contributed by atoms with van der Waals surface area (Å²) in [5.41, 5.74) is 0.940. The molecular weight excluding hydrogens is 518 g/mol. The van der Waals surface area contributed by atoms with Gasteiger partial charge in [0.05, 0.1) is 16.8 Å². The zero-order valence-corrected chi connectivity index (χ0v) is 22.5. The Balaban J connectivity index is 1.45. The van der Waals surface area contributed by atoms with Crippen molar-refractivity contribution in [3.05, 3.63) is 38.9 Å². The van der Waals surface area contributed by atoms with Gasteiger partial charge in [-0.3, -0.25) is 19.2 Å². The average Bonchev–Trinajstić information content (AvgIpc) is 3.29. The zero-order chi connectivity index (χ0) is 26.7. The molecule has 1 aliphatic carbocycles. The molecule has 11 nitrogen and oxygen atoms in total. The predicted octanol–water partition coefficient (Wildman–Crippen LogP) is 1.29. The minimum Gasteiger partial charge on any atom is -0.349 e. The maximum absolute atomic E-state index is 13.2. The number of aromatic nitrogens is 2. The van der Waals surface area contributed by atoms with Crippen LogP contribution >= 0.6 is 22.9 Å². The van der Waals surface area contributed by atoms with E-state index in [4.69, 9.17) is 11.6 Å². The van der Waals surface area contributed by atoms with Crippen molar-refractivity contribution in [2.45, 2.75) is 44.3 Å². The van der Waals surface area contributed by atoms with Crippen molar-refractivity contribution >= 4 is 52.4 Å². The van der Waals surface area contributed by atoms with Crippen LogP contribution in [0.25, 0.3) is 0 Å². The van der Waals surface area contributed by atoms with E-state index in [1.807, 2.05) is 7.05 Å². The molecule has 0 unspecified atom stereocenters. The first kappa shape index (κ1) is 27.0. The second-order valence-corrected chi connectivity index (χ2v) is 11.1. The molecule has 0 radical (unpaired) electrons. The Morgan fingerprint density at radius 1 is 1.11 bits per heavy atom.